The first-order valence-electron chi connectivity index (χ1n) is 5.64. The number of sulfone groups is 1. The summed E-state index contributed by atoms with van der Waals surface area (Å²) in [6.45, 7) is 1.53. The Morgan fingerprint density at radius 2 is 2.29 bits per heavy atom. The molecule has 7 heteroatoms. The molecule has 2 N–H and O–H groups in total. The molecule has 1 aliphatic rings. The summed E-state index contributed by atoms with van der Waals surface area (Å²) in [4.78, 5) is 3.93. The van der Waals surface area contributed by atoms with Crippen LogP contribution in [0.2, 0.25) is 0 Å². The first-order chi connectivity index (χ1) is 8.07. The number of hydrogen-bond donors (Lipinski definition) is 2. The van der Waals surface area contributed by atoms with Gasteiger partial charge in [0.2, 0.25) is 0 Å². The highest BCUT2D eigenvalue weighted by Gasteiger charge is 2.35. The first-order valence-corrected chi connectivity index (χ1v) is 7.46. The lowest BCUT2D eigenvalue weighted by Gasteiger charge is -2.14. The van der Waals surface area contributed by atoms with Gasteiger partial charge in [-0.15, -0.1) is 0 Å². The number of hydrogen-bond acceptors (Lipinski definition) is 5. The van der Waals surface area contributed by atoms with Gasteiger partial charge in [0.05, 0.1) is 23.9 Å². The molecule has 0 unspecified atom stereocenters. The number of aliphatic hydroxyl groups is 1. The van der Waals surface area contributed by atoms with E-state index in [1.807, 2.05) is 10.8 Å². The van der Waals surface area contributed by atoms with Gasteiger partial charge in [0, 0.05) is 25.0 Å². The summed E-state index contributed by atoms with van der Waals surface area (Å²) in [5.41, 5.74) is 0. The number of aromatic nitrogens is 2. The van der Waals surface area contributed by atoms with Crippen LogP contribution in [-0.2, 0) is 16.4 Å². The van der Waals surface area contributed by atoms with Crippen molar-refractivity contribution < 1.29 is 13.5 Å². The van der Waals surface area contributed by atoms with Crippen LogP contribution >= 0.6 is 0 Å². The van der Waals surface area contributed by atoms with Crippen LogP contribution in [-0.4, -0.2) is 53.3 Å². The Balaban J connectivity index is 1.69. The van der Waals surface area contributed by atoms with Crippen molar-refractivity contribution in [2.24, 2.45) is 0 Å². The van der Waals surface area contributed by atoms with Crippen LogP contribution in [0.25, 0.3) is 0 Å². The summed E-state index contributed by atoms with van der Waals surface area (Å²) in [7, 11) is -3.05. The lowest BCUT2D eigenvalue weighted by atomic mass is 10.2. The van der Waals surface area contributed by atoms with E-state index in [0.717, 1.165) is 13.0 Å². The molecule has 96 valence electrons. The second-order valence-corrected chi connectivity index (χ2v) is 6.51. The summed E-state index contributed by atoms with van der Waals surface area (Å²) < 4.78 is 24.5. The smallest absolute Gasteiger partial charge is 0.154 e. The Labute approximate surface area is 101 Å². The van der Waals surface area contributed by atoms with Gasteiger partial charge in [0.15, 0.2) is 9.84 Å². The molecule has 2 heterocycles. The van der Waals surface area contributed by atoms with Gasteiger partial charge < -0.3 is 15.0 Å². The van der Waals surface area contributed by atoms with Crippen LogP contribution in [0.4, 0.5) is 0 Å². The zero-order chi connectivity index (χ0) is 12.3. The molecule has 1 aromatic rings. The van der Waals surface area contributed by atoms with E-state index < -0.39 is 15.9 Å². The van der Waals surface area contributed by atoms with Crippen LogP contribution in [0.1, 0.15) is 6.42 Å². The van der Waals surface area contributed by atoms with Crippen LogP contribution in [0.15, 0.2) is 18.7 Å². The normalized spacial score (nSPS) is 27.4. The molecular weight excluding hydrogens is 242 g/mol. The SMILES string of the molecule is O=S1(=O)C[C@@H](O)[C@@H](NCCCn2ccnc2)C1. The zero-order valence-corrected chi connectivity index (χ0v) is 10.3. The van der Waals surface area contributed by atoms with E-state index in [9.17, 15) is 13.5 Å². The van der Waals surface area contributed by atoms with E-state index in [1.165, 1.54) is 0 Å². The fourth-order valence-corrected chi connectivity index (χ4v) is 3.77. The van der Waals surface area contributed by atoms with Gasteiger partial charge >= 0.3 is 0 Å². The molecule has 0 bridgehead atoms. The highest BCUT2D eigenvalue weighted by molar-refractivity contribution is 7.91. The number of imidazole rings is 1. The quantitative estimate of drug-likeness (QED) is 0.664. The van der Waals surface area contributed by atoms with Crippen LogP contribution < -0.4 is 5.32 Å². The molecule has 2 atom stereocenters. The van der Waals surface area contributed by atoms with Gasteiger partial charge in [-0.1, -0.05) is 0 Å². The molecule has 1 fully saturated rings. The fourth-order valence-electron chi connectivity index (χ4n) is 1.99. The number of rotatable bonds is 5. The Hall–Kier alpha value is -0.920. The highest BCUT2D eigenvalue weighted by Crippen LogP contribution is 2.12. The molecule has 0 spiro atoms. The lowest BCUT2D eigenvalue weighted by Crippen LogP contribution is -2.39. The molecule has 0 amide bonds. The van der Waals surface area contributed by atoms with Crippen molar-refractivity contribution in [1.82, 2.24) is 14.9 Å². The van der Waals surface area contributed by atoms with Gasteiger partial charge in [-0.3, -0.25) is 0 Å². The van der Waals surface area contributed by atoms with Crippen LogP contribution in [0.5, 0.6) is 0 Å². The number of aliphatic hydroxyl groups excluding tert-OH is 1. The average molecular weight is 259 g/mol. The summed E-state index contributed by atoms with van der Waals surface area (Å²) >= 11 is 0. The summed E-state index contributed by atoms with van der Waals surface area (Å²) in [5.74, 6) is -0.0779. The topological polar surface area (TPSA) is 84.2 Å². The summed E-state index contributed by atoms with van der Waals surface area (Å²) in [6, 6.07) is -0.317. The Morgan fingerprint density at radius 1 is 1.47 bits per heavy atom. The maximum Gasteiger partial charge on any atom is 0.154 e. The van der Waals surface area contributed by atoms with E-state index in [1.54, 1.807) is 12.5 Å². The van der Waals surface area contributed by atoms with Gasteiger partial charge in [0.25, 0.3) is 0 Å². The summed E-state index contributed by atoms with van der Waals surface area (Å²) in [5, 5.41) is 12.6. The molecule has 1 aliphatic heterocycles. The minimum atomic E-state index is -3.05. The second kappa shape index (κ2) is 5.16. The minimum absolute atomic E-state index is 0.0409. The highest BCUT2D eigenvalue weighted by atomic mass is 32.2. The van der Waals surface area contributed by atoms with Crippen molar-refractivity contribution in [3.05, 3.63) is 18.7 Å². The maximum atomic E-state index is 11.3. The molecule has 0 radical (unpaired) electrons. The van der Waals surface area contributed by atoms with E-state index in [-0.39, 0.29) is 17.5 Å². The standard InChI is InChI=1S/C10H17N3O3S/c14-10-7-17(15,16)6-9(10)12-2-1-4-13-5-3-11-8-13/h3,5,8-10,12,14H,1-2,4,6-7H2/t9-,10+/m0/s1. The average Bonchev–Trinajstić information content (AvgIpc) is 2.81. The largest absolute Gasteiger partial charge is 0.390 e. The zero-order valence-electron chi connectivity index (χ0n) is 9.49. The van der Waals surface area contributed by atoms with Gasteiger partial charge in [-0.25, -0.2) is 13.4 Å². The summed E-state index contributed by atoms with van der Waals surface area (Å²) in [6.07, 6.45) is 5.46. The van der Waals surface area contributed by atoms with Crippen molar-refractivity contribution in [3.63, 3.8) is 0 Å². The minimum Gasteiger partial charge on any atom is -0.390 e. The molecular formula is C10H17N3O3S. The predicted octanol–water partition coefficient (Wildman–Crippen LogP) is -0.979. The number of aryl methyl sites for hydroxylation is 1. The molecule has 0 saturated carbocycles. The molecule has 0 aromatic carbocycles. The van der Waals surface area contributed by atoms with Gasteiger partial charge in [-0.05, 0) is 13.0 Å². The maximum absolute atomic E-state index is 11.3. The molecule has 1 aromatic heterocycles. The molecule has 1 saturated heterocycles. The molecule has 17 heavy (non-hydrogen) atoms. The Morgan fingerprint density at radius 3 is 2.88 bits per heavy atom. The molecule has 0 aliphatic carbocycles. The monoisotopic (exact) mass is 259 g/mol. The number of nitrogens with one attached hydrogen (secondary N) is 1. The van der Waals surface area contributed by atoms with Gasteiger partial charge in [0.1, 0.15) is 0 Å². The fraction of sp³-hybridized carbons (Fsp3) is 0.700. The Bertz CT molecular complexity index is 443. The number of nitrogens with zero attached hydrogens (tertiary/aromatic N) is 2. The van der Waals surface area contributed by atoms with Crippen molar-refractivity contribution in [1.29, 1.82) is 0 Å². The van der Waals surface area contributed by atoms with E-state index in [0.29, 0.717) is 6.54 Å². The third kappa shape index (κ3) is 3.52. The van der Waals surface area contributed by atoms with Crippen molar-refractivity contribution in [3.8, 4) is 0 Å². The first kappa shape index (κ1) is 12.5. The van der Waals surface area contributed by atoms with E-state index >= 15 is 0 Å². The van der Waals surface area contributed by atoms with E-state index in [4.69, 9.17) is 0 Å². The van der Waals surface area contributed by atoms with E-state index in [2.05, 4.69) is 10.3 Å². The van der Waals surface area contributed by atoms with Crippen LogP contribution in [0, 0.1) is 0 Å². The molecule has 2 rings (SSSR count). The third-order valence-corrected chi connectivity index (χ3v) is 4.60. The van der Waals surface area contributed by atoms with Crippen molar-refractivity contribution in [2.45, 2.75) is 25.1 Å². The third-order valence-electron chi connectivity index (χ3n) is 2.88. The Kier molecular flexibility index (Phi) is 3.80. The van der Waals surface area contributed by atoms with Crippen molar-refractivity contribution in [2.75, 3.05) is 18.1 Å². The lowest BCUT2D eigenvalue weighted by molar-refractivity contribution is 0.166. The van der Waals surface area contributed by atoms with Gasteiger partial charge in [-0.2, -0.15) is 0 Å². The predicted molar refractivity (Wildman–Crippen MR) is 63.3 cm³/mol. The molecule has 6 nitrogen and oxygen atoms in total. The van der Waals surface area contributed by atoms with Crippen LogP contribution in [0.3, 0.4) is 0 Å². The second-order valence-electron chi connectivity index (χ2n) is 4.36. The van der Waals surface area contributed by atoms with Crippen molar-refractivity contribution >= 4 is 9.84 Å².